The molecule has 0 unspecified atom stereocenters. The number of carboxylic acids is 1. The summed E-state index contributed by atoms with van der Waals surface area (Å²) in [6.45, 7) is 0.0701. The van der Waals surface area contributed by atoms with Gasteiger partial charge in [-0.3, -0.25) is 9.59 Å². The molecule has 2 aliphatic rings. The molecule has 184 valence electrons. The number of aliphatic carboxylic acids is 1. The van der Waals surface area contributed by atoms with E-state index in [9.17, 15) is 19.5 Å². The van der Waals surface area contributed by atoms with Crippen LogP contribution < -0.4 is 23.7 Å². The van der Waals surface area contributed by atoms with E-state index >= 15 is 0 Å². The summed E-state index contributed by atoms with van der Waals surface area (Å²) >= 11 is 0. The Morgan fingerprint density at radius 3 is 2.46 bits per heavy atom. The van der Waals surface area contributed by atoms with Gasteiger partial charge in [0.2, 0.25) is 11.5 Å². The molecule has 0 aliphatic carbocycles. The van der Waals surface area contributed by atoms with Crippen molar-refractivity contribution < 1.29 is 43.2 Å². The van der Waals surface area contributed by atoms with Crippen molar-refractivity contribution in [3.8, 4) is 28.7 Å². The Hall–Kier alpha value is -4.21. The molecule has 2 aromatic carbocycles. The summed E-state index contributed by atoms with van der Waals surface area (Å²) in [5, 5.41) is 9.26. The van der Waals surface area contributed by atoms with Gasteiger partial charge in [0.1, 0.15) is 17.5 Å². The van der Waals surface area contributed by atoms with Gasteiger partial charge in [-0.25, -0.2) is 4.79 Å². The number of rotatable bonds is 8. The quantitative estimate of drug-likeness (QED) is 0.565. The van der Waals surface area contributed by atoms with Crippen LogP contribution in [0.25, 0.3) is 6.08 Å². The number of allylic oxidation sites excluding steroid dienone is 1. The van der Waals surface area contributed by atoms with Crippen molar-refractivity contribution in [2.24, 2.45) is 0 Å². The number of carbonyl (C=O) groups is 3. The number of ketones is 1. The molecule has 1 fully saturated rings. The molecule has 0 spiro atoms. The summed E-state index contributed by atoms with van der Waals surface area (Å²) in [5.74, 6) is 0.284. The summed E-state index contributed by atoms with van der Waals surface area (Å²) < 4.78 is 27.4. The molecule has 10 nitrogen and oxygen atoms in total. The molecule has 2 aliphatic heterocycles. The number of hydrogen-bond donors (Lipinski definition) is 1. The molecule has 0 bridgehead atoms. The first kappa shape index (κ1) is 23.9. The number of hydrogen-bond acceptors (Lipinski definition) is 8. The van der Waals surface area contributed by atoms with Crippen LogP contribution in [0.3, 0.4) is 0 Å². The Morgan fingerprint density at radius 1 is 1.11 bits per heavy atom. The maximum atomic E-state index is 12.8. The van der Waals surface area contributed by atoms with Crippen LogP contribution in [-0.4, -0.2) is 68.2 Å². The van der Waals surface area contributed by atoms with Crippen molar-refractivity contribution in [3.05, 3.63) is 47.2 Å². The van der Waals surface area contributed by atoms with Crippen LogP contribution in [0.4, 0.5) is 0 Å². The lowest BCUT2D eigenvalue weighted by molar-refractivity contribution is -0.148. The van der Waals surface area contributed by atoms with E-state index in [2.05, 4.69) is 0 Å². The third kappa shape index (κ3) is 4.72. The van der Waals surface area contributed by atoms with Crippen LogP contribution >= 0.6 is 0 Å². The minimum Gasteiger partial charge on any atom is -0.493 e. The van der Waals surface area contributed by atoms with Gasteiger partial charge in [-0.05, 0) is 48.7 Å². The molecule has 1 saturated heterocycles. The van der Waals surface area contributed by atoms with E-state index in [0.717, 1.165) is 0 Å². The highest BCUT2D eigenvalue weighted by molar-refractivity contribution is 6.14. The molecule has 0 radical (unpaired) electrons. The number of benzene rings is 2. The smallest absolute Gasteiger partial charge is 0.326 e. The van der Waals surface area contributed by atoms with E-state index < -0.39 is 17.9 Å². The minimum atomic E-state index is -1.02. The van der Waals surface area contributed by atoms with Gasteiger partial charge in [-0.2, -0.15) is 0 Å². The molecule has 0 aromatic heterocycles. The Labute approximate surface area is 201 Å². The molecular weight excluding hydrogens is 458 g/mol. The van der Waals surface area contributed by atoms with Crippen molar-refractivity contribution >= 4 is 23.7 Å². The lowest BCUT2D eigenvalue weighted by Crippen LogP contribution is -2.42. The molecule has 2 heterocycles. The highest BCUT2D eigenvalue weighted by Crippen LogP contribution is 2.40. The first-order valence-electron chi connectivity index (χ1n) is 10.9. The first-order valence-corrected chi connectivity index (χ1v) is 10.9. The number of nitrogens with zero attached hydrogens (tertiary/aromatic N) is 1. The third-order valence-corrected chi connectivity index (χ3v) is 5.85. The van der Waals surface area contributed by atoms with Crippen LogP contribution in [0.5, 0.6) is 28.7 Å². The second-order valence-electron chi connectivity index (χ2n) is 7.93. The van der Waals surface area contributed by atoms with Crippen molar-refractivity contribution in [1.29, 1.82) is 0 Å². The predicted octanol–water partition coefficient (Wildman–Crippen LogP) is 2.78. The number of amides is 1. The van der Waals surface area contributed by atoms with Crippen molar-refractivity contribution in [2.45, 2.75) is 18.9 Å². The van der Waals surface area contributed by atoms with Crippen LogP contribution in [0.2, 0.25) is 0 Å². The van der Waals surface area contributed by atoms with Gasteiger partial charge in [0.05, 0.1) is 26.9 Å². The van der Waals surface area contributed by atoms with Crippen LogP contribution in [0.1, 0.15) is 28.8 Å². The average molecular weight is 483 g/mol. The fourth-order valence-electron chi connectivity index (χ4n) is 4.14. The average Bonchev–Trinajstić information content (AvgIpc) is 3.47. The van der Waals surface area contributed by atoms with Gasteiger partial charge in [-0.1, -0.05) is 0 Å². The number of Topliss-reactive ketones (excluding diaryl/α,β-unsaturated/α-hetero) is 1. The number of fused-ring (bicyclic) bond motifs is 1. The Kier molecular flexibility index (Phi) is 6.81. The zero-order chi connectivity index (χ0) is 25.1. The molecule has 0 saturated carbocycles. The molecule has 1 atom stereocenters. The standard InChI is InChI=1S/C25H25NO9/c1-31-20-10-14(11-21(32-2)24(20)33-3)9-19-23(28)16-7-6-15(12-18(16)35-19)34-13-22(27)26-8-4-5-17(26)25(29)30/h6-7,9-12,17H,4-5,8,13H2,1-3H3,(H,29,30)/t17-/m0/s1. The Balaban J connectivity index is 1.49. The zero-order valence-corrected chi connectivity index (χ0v) is 19.5. The number of ether oxygens (including phenoxy) is 5. The number of methoxy groups -OCH3 is 3. The molecule has 10 heteroatoms. The molecule has 4 rings (SSSR count). The second-order valence-corrected chi connectivity index (χ2v) is 7.93. The minimum absolute atomic E-state index is 0.101. The van der Waals surface area contributed by atoms with Gasteiger partial charge >= 0.3 is 5.97 Å². The van der Waals surface area contributed by atoms with Crippen LogP contribution in [-0.2, 0) is 9.59 Å². The van der Waals surface area contributed by atoms with E-state index in [-0.39, 0.29) is 18.1 Å². The van der Waals surface area contributed by atoms with Gasteiger partial charge in [0, 0.05) is 12.6 Å². The number of likely N-dealkylation sites (tertiary alicyclic amines) is 1. The fraction of sp³-hybridized carbons (Fsp3) is 0.320. The van der Waals surface area contributed by atoms with Crippen molar-refractivity contribution in [2.75, 3.05) is 34.5 Å². The van der Waals surface area contributed by atoms with E-state index in [4.69, 9.17) is 23.7 Å². The first-order chi connectivity index (χ1) is 16.9. The van der Waals surface area contributed by atoms with Crippen molar-refractivity contribution in [3.63, 3.8) is 0 Å². The number of carboxylic acid groups (broad SMARTS) is 1. The topological polar surface area (TPSA) is 121 Å². The predicted molar refractivity (Wildman–Crippen MR) is 123 cm³/mol. The summed E-state index contributed by atoms with van der Waals surface area (Å²) in [6.07, 6.45) is 2.63. The van der Waals surface area contributed by atoms with Crippen molar-refractivity contribution in [1.82, 2.24) is 4.90 Å². The van der Waals surface area contributed by atoms with Gasteiger partial charge < -0.3 is 33.7 Å². The van der Waals surface area contributed by atoms with Gasteiger partial charge in [0.25, 0.3) is 5.91 Å². The van der Waals surface area contributed by atoms with Gasteiger partial charge in [0.15, 0.2) is 23.9 Å². The molecule has 1 N–H and O–H groups in total. The Bertz CT molecular complexity index is 1180. The van der Waals surface area contributed by atoms with E-state index in [0.29, 0.717) is 59.3 Å². The molecular formula is C25H25NO9. The largest absolute Gasteiger partial charge is 0.493 e. The highest BCUT2D eigenvalue weighted by Gasteiger charge is 2.34. The second kappa shape index (κ2) is 9.96. The monoisotopic (exact) mass is 483 g/mol. The molecule has 2 aromatic rings. The van der Waals surface area contributed by atoms with Crippen LogP contribution in [0.15, 0.2) is 36.1 Å². The fourth-order valence-corrected chi connectivity index (χ4v) is 4.14. The number of carbonyl (C=O) groups excluding carboxylic acids is 2. The van der Waals surface area contributed by atoms with Crippen LogP contribution in [0, 0.1) is 0 Å². The maximum absolute atomic E-state index is 12.8. The normalized spacial score (nSPS) is 17.7. The SMILES string of the molecule is COc1cc(C=C2Oc3cc(OCC(=O)N4CCC[C@H]4C(=O)O)ccc3C2=O)cc(OC)c1OC. The van der Waals surface area contributed by atoms with E-state index in [1.165, 1.54) is 32.3 Å². The van der Waals surface area contributed by atoms with E-state index in [1.54, 1.807) is 30.3 Å². The highest BCUT2D eigenvalue weighted by atomic mass is 16.5. The van der Waals surface area contributed by atoms with Gasteiger partial charge in [-0.15, -0.1) is 0 Å². The lowest BCUT2D eigenvalue weighted by atomic mass is 10.1. The third-order valence-electron chi connectivity index (χ3n) is 5.85. The van der Waals surface area contributed by atoms with E-state index in [1.807, 2.05) is 0 Å². The molecule has 1 amide bonds. The summed E-state index contributed by atoms with van der Waals surface area (Å²) in [6, 6.07) is 7.20. The summed E-state index contributed by atoms with van der Waals surface area (Å²) in [7, 11) is 4.50. The maximum Gasteiger partial charge on any atom is 0.326 e. The Morgan fingerprint density at radius 2 is 1.83 bits per heavy atom. The zero-order valence-electron chi connectivity index (χ0n) is 19.5. The lowest BCUT2D eigenvalue weighted by Gasteiger charge is -2.21. The molecule has 35 heavy (non-hydrogen) atoms. The summed E-state index contributed by atoms with van der Waals surface area (Å²) in [5.41, 5.74) is 0.962. The summed E-state index contributed by atoms with van der Waals surface area (Å²) in [4.78, 5) is 37.9.